The second-order valence-electron chi connectivity index (χ2n) is 26.9. The molecule has 0 amide bonds. The molecule has 490 valence electrons. The quantitative estimate of drug-likeness (QED) is 0.0678. The zero-order valence-corrected chi connectivity index (χ0v) is 48.1. The van der Waals surface area contributed by atoms with Crippen molar-refractivity contribution >= 4 is 0 Å². The van der Waals surface area contributed by atoms with Crippen LogP contribution in [0.2, 0.25) is 0 Å². The predicted molar refractivity (Wildman–Crippen MR) is 278 cm³/mol. The molecule has 38 atom stereocenters. The fraction of sp³-hybridized carbons (Fsp3) is 1.00. The predicted octanol–water partition coefficient (Wildman–Crippen LogP) is -6.50. The van der Waals surface area contributed by atoms with Crippen molar-refractivity contribution in [2.75, 3.05) is 39.6 Å². The topological polar surface area (TPSA) is 455 Å². The van der Waals surface area contributed by atoms with Crippen LogP contribution in [0.5, 0.6) is 0 Å². The van der Waals surface area contributed by atoms with Gasteiger partial charge in [0.25, 0.3) is 0 Å². The molecule has 29 nitrogen and oxygen atoms in total. The van der Waals surface area contributed by atoms with Crippen LogP contribution >= 0.6 is 0 Å². The molecular formula is C56H92O29. The molecule has 29 heteroatoms. The second-order valence-corrected chi connectivity index (χ2v) is 26.9. The number of hydrogen-bond donors (Lipinski definition) is 17. The van der Waals surface area contributed by atoms with Gasteiger partial charge in [0.15, 0.2) is 37.2 Å². The maximum atomic E-state index is 12.2. The fourth-order valence-corrected chi connectivity index (χ4v) is 17.5. The van der Waals surface area contributed by atoms with Gasteiger partial charge in [0, 0.05) is 12.3 Å². The summed E-state index contributed by atoms with van der Waals surface area (Å²) in [6, 6.07) is 0. The minimum absolute atomic E-state index is 0.0246. The molecule has 0 aromatic rings. The molecule has 11 fully saturated rings. The van der Waals surface area contributed by atoms with Crippen LogP contribution in [-0.4, -0.2) is 304 Å². The van der Waals surface area contributed by atoms with E-state index in [1.54, 1.807) is 0 Å². The molecule has 0 unspecified atom stereocenters. The van der Waals surface area contributed by atoms with Crippen LogP contribution in [0, 0.1) is 52.3 Å². The van der Waals surface area contributed by atoms with Crippen molar-refractivity contribution in [2.45, 2.75) is 257 Å². The third-order valence-electron chi connectivity index (χ3n) is 22.2. The number of fused-ring (bicyclic) bond motifs is 7. The Morgan fingerprint density at radius 2 is 0.929 bits per heavy atom. The summed E-state index contributed by atoms with van der Waals surface area (Å²) in [5.41, 5.74) is -0.531. The second kappa shape index (κ2) is 25.4. The van der Waals surface area contributed by atoms with E-state index in [-0.39, 0.29) is 48.0 Å². The normalized spacial score (nSPS) is 57.9. The minimum Gasteiger partial charge on any atom is -0.394 e. The first kappa shape index (κ1) is 65.3. The summed E-state index contributed by atoms with van der Waals surface area (Å²) >= 11 is 0. The van der Waals surface area contributed by atoms with Crippen molar-refractivity contribution in [3.05, 3.63) is 0 Å². The average Bonchev–Trinajstić information content (AvgIpc) is 1.62. The van der Waals surface area contributed by atoms with Crippen molar-refractivity contribution in [1.29, 1.82) is 0 Å². The van der Waals surface area contributed by atoms with Crippen molar-refractivity contribution in [1.82, 2.24) is 0 Å². The van der Waals surface area contributed by atoms with Gasteiger partial charge >= 0.3 is 0 Å². The largest absolute Gasteiger partial charge is 0.394 e. The lowest BCUT2D eigenvalue weighted by molar-refractivity contribution is -0.406. The van der Waals surface area contributed by atoms with E-state index >= 15 is 0 Å². The van der Waals surface area contributed by atoms with E-state index in [0.717, 1.165) is 32.1 Å². The van der Waals surface area contributed by atoms with Crippen molar-refractivity contribution in [3.8, 4) is 0 Å². The molecule has 0 radical (unpaired) electrons. The summed E-state index contributed by atoms with van der Waals surface area (Å²) in [5, 5.41) is 188. The molecule has 0 aromatic heterocycles. The van der Waals surface area contributed by atoms with E-state index in [1.165, 1.54) is 0 Å². The summed E-state index contributed by atoms with van der Waals surface area (Å²) in [7, 11) is 0. The number of hydrogen-bond acceptors (Lipinski definition) is 29. The smallest absolute Gasteiger partial charge is 0.187 e. The summed E-state index contributed by atoms with van der Waals surface area (Å²) in [6.45, 7) is 5.10. The Hall–Kier alpha value is -1.16. The van der Waals surface area contributed by atoms with Crippen LogP contribution in [-0.2, 0) is 56.8 Å². The molecular weight excluding hydrogens is 1140 g/mol. The fourth-order valence-electron chi connectivity index (χ4n) is 17.5. The van der Waals surface area contributed by atoms with E-state index in [1.807, 2.05) is 0 Å². The standard InChI is InChI=1S/C56H92O29/c1-19-5-8-56(74-18-19)20(2)34-28(85-56)10-23-21-9-25(62)24-11-27(26(63)12-55(24,4)22(21)6-7-54(23,34)3)75-49-43(72)40(69)45(33(17-61)80-49)81-53-48(47(38(67)32(16-60)79-53)83-50-41(70)36(65)30(14-58)77-50)84-52-44(73)46(37(66)31(15-59)78-52)82-51-42(71)39(68)35(64)29(13-57)76-51/h19-53,57-73H,5-18H2,1-4H3/t19-,20+,21-,22+,23+,24-,25-,26-,27-,28+,29-,30-,31-,32-,33-,34+,35-,36+,37-,38-,39+,40-,41-,42-,43-,44-,45+,46+,47+,48-,49-,50+,51+,52+,53+,54+,55-,56-/m1/s1. The number of aliphatic hydroxyl groups is 17. The molecule has 11 aliphatic rings. The lowest BCUT2D eigenvalue weighted by atomic mass is 9.43. The zero-order valence-electron chi connectivity index (χ0n) is 48.1. The highest BCUT2D eigenvalue weighted by Crippen LogP contribution is 2.71. The highest BCUT2D eigenvalue weighted by molar-refractivity contribution is 5.17. The van der Waals surface area contributed by atoms with Crippen LogP contribution in [0.25, 0.3) is 0 Å². The molecule has 7 aliphatic heterocycles. The van der Waals surface area contributed by atoms with Crippen LogP contribution in [0.3, 0.4) is 0 Å². The van der Waals surface area contributed by atoms with Gasteiger partial charge in [-0.3, -0.25) is 0 Å². The Labute approximate surface area is 491 Å². The first-order valence-electron chi connectivity index (χ1n) is 30.4. The third-order valence-corrected chi connectivity index (χ3v) is 22.2. The third kappa shape index (κ3) is 11.3. The summed E-state index contributed by atoms with van der Waals surface area (Å²) in [4.78, 5) is 0. The molecule has 4 aliphatic carbocycles. The lowest BCUT2D eigenvalue weighted by Crippen LogP contribution is -2.68. The van der Waals surface area contributed by atoms with Gasteiger partial charge in [0.1, 0.15) is 116 Å². The zero-order chi connectivity index (χ0) is 61.1. The molecule has 7 saturated heterocycles. The minimum atomic E-state index is -2.22. The van der Waals surface area contributed by atoms with Crippen LogP contribution in [0.1, 0.15) is 79.1 Å². The summed E-state index contributed by atoms with van der Waals surface area (Å²) in [5.74, 6) is 0.754. The molecule has 85 heavy (non-hydrogen) atoms. The van der Waals surface area contributed by atoms with E-state index in [4.69, 9.17) is 56.8 Å². The molecule has 4 saturated carbocycles. The molecule has 17 N–H and O–H groups in total. The van der Waals surface area contributed by atoms with Crippen LogP contribution in [0.4, 0.5) is 0 Å². The first-order valence-corrected chi connectivity index (χ1v) is 30.4. The molecule has 1 spiro atoms. The number of ether oxygens (including phenoxy) is 12. The molecule has 7 heterocycles. The Morgan fingerprint density at radius 3 is 1.54 bits per heavy atom. The summed E-state index contributed by atoms with van der Waals surface area (Å²) in [6.07, 6.45) is -42.5. The number of aliphatic hydroxyl groups excluding tert-OH is 17. The Balaban J connectivity index is 0.801. The van der Waals surface area contributed by atoms with Crippen molar-refractivity contribution < 1.29 is 144 Å². The van der Waals surface area contributed by atoms with Gasteiger partial charge in [0.05, 0.1) is 64.1 Å². The Bertz CT molecular complexity index is 2220. The van der Waals surface area contributed by atoms with Gasteiger partial charge < -0.3 is 144 Å². The van der Waals surface area contributed by atoms with Gasteiger partial charge in [0.2, 0.25) is 0 Å². The van der Waals surface area contributed by atoms with Crippen LogP contribution < -0.4 is 0 Å². The summed E-state index contributed by atoms with van der Waals surface area (Å²) < 4.78 is 72.9. The van der Waals surface area contributed by atoms with Crippen molar-refractivity contribution in [3.63, 3.8) is 0 Å². The SMILES string of the molecule is C[C@@H]1CC[C@@]2(OC1)O[C@H]1C[C@H]3[C@@H]4C[C@@H](O)[C@H]5C[C@@H](O[C@@H]6O[C@H](CO)[C@H](O[C@@H]7O[C@H](CO)[C@@H](O)[C@H](O[C@@H]8O[C@H](CO)[C@H](O)[C@H]8O)[C@H]7O[C@@H]7O[C@H](CO)[C@@H](O)[C@H](O[C@@H]8O[C@H](CO)[C@@H](O)[C@H](O)[C@H]8O)[C@H]7O)[C@H](O)[C@H]6O)[C@H](O)C[C@]5(C)[C@H]4CC[C@]3(C)[C@H]1[C@@H]2C. The molecule has 0 bridgehead atoms. The van der Waals surface area contributed by atoms with Gasteiger partial charge in [-0.1, -0.05) is 27.7 Å². The highest BCUT2D eigenvalue weighted by Gasteiger charge is 2.71. The average molecular weight is 1230 g/mol. The van der Waals surface area contributed by atoms with Gasteiger partial charge in [-0.05, 0) is 91.3 Å². The van der Waals surface area contributed by atoms with Gasteiger partial charge in [-0.25, -0.2) is 0 Å². The molecule has 0 aromatic carbocycles. The van der Waals surface area contributed by atoms with Gasteiger partial charge in [-0.15, -0.1) is 0 Å². The Morgan fingerprint density at radius 1 is 0.424 bits per heavy atom. The lowest BCUT2D eigenvalue weighted by Gasteiger charge is -2.63. The molecule has 11 rings (SSSR count). The maximum Gasteiger partial charge on any atom is 0.187 e. The highest BCUT2D eigenvalue weighted by atomic mass is 16.8. The van der Waals surface area contributed by atoms with E-state index in [0.29, 0.717) is 30.8 Å². The maximum absolute atomic E-state index is 12.2. The van der Waals surface area contributed by atoms with Crippen molar-refractivity contribution in [2.24, 2.45) is 52.3 Å². The van der Waals surface area contributed by atoms with E-state index in [9.17, 15) is 86.8 Å². The first-order chi connectivity index (χ1) is 40.4. The van der Waals surface area contributed by atoms with E-state index < -0.39 is 210 Å². The van der Waals surface area contributed by atoms with E-state index in [2.05, 4.69) is 27.7 Å². The monoisotopic (exact) mass is 1230 g/mol. The van der Waals surface area contributed by atoms with Gasteiger partial charge in [-0.2, -0.15) is 0 Å². The Kier molecular flexibility index (Phi) is 19.5. The number of rotatable bonds is 15. The van der Waals surface area contributed by atoms with Crippen LogP contribution in [0.15, 0.2) is 0 Å².